The summed E-state index contributed by atoms with van der Waals surface area (Å²) in [7, 11) is 1.70. The van der Waals surface area contributed by atoms with Crippen LogP contribution in [0.1, 0.15) is 30.6 Å². The number of benzene rings is 1. The van der Waals surface area contributed by atoms with E-state index < -0.39 is 6.10 Å². The number of halogens is 1. The van der Waals surface area contributed by atoms with E-state index in [1.807, 2.05) is 6.07 Å². The van der Waals surface area contributed by atoms with E-state index in [1.165, 1.54) is 11.6 Å². The molecule has 0 bridgehead atoms. The van der Waals surface area contributed by atoms with Gasteiger partial charge in [0.25, 0.3) is 0 Å². The first-order valence-corrected chi connectivity index (χ1v) is 6.92. The molecule has 1 N–H and O–H groups in total. The zero-order valence-electron chi connectivity index (χ0n) is 12.3. The molecule has 1 unspecified atom stereocenters. The highest BCUT2D eigenvalue weighted by Gasteiger charge is 2.19. The van der Waals surface area contributed by atoms with Crippen molar-refractivity contribution in [1.82, 2.24) is 0 Å². The Kier molecular flexibility index (Phi) is 4.78. The highest BCUT2D eigenvalue weighted by Crippen LogP contribution is 2.31. The molecule has 1 atom stereocenters. The fourth-order valence-electron chi connectivity index (χ4n) is 2.54. The van der Waals surface area contributed by atoms with Gasteiger partial charge in [0.05, 0.1) is 12.7 Å². The first-order chi connectivity index (χ1) is 9.52. The Morgan fingerprint density at radius 1 is 1.45 bits per heavy atom. The van der Waals surface area contributed by atoms with Gasteiger partial charge < -0.3 is 14.7 Å². The largest absolute Gasteiger partial charge is 0.389 e. The second-order valence-corrected chi connectivity index (χ2v) is 5.33. The average molecular weight is 279 g/mol. The highest BCUT2D eigenvalue weighted by atomic mass is 19.1. The molecule has 0 radical (unpaired) electrons. The van der Waals surface area contributed by atoms with Crippen molar-refractivity contribution in [2.45, 2.75) is 26.4 Å². The van der Waals surface area contributed by atoms with Crippen LogP contribution in [0.25, 0.3) is 0 Å². The highest BCUT2D eigenvalue weighted by molar-refractivity contribution is 5.58. The molecule has 0 fully saturated rings. The lowest BCUT2D eigenvalue weighted by Crippen LogP contribution is -2.30. The molecule has 1 aliphatic rings. The van der Waals surface area contributed by atoms with Gasteiger partial charge in [0.15, 0.2) is 0 Å². The number of methoxy groups -OCH3 is 1. The van der Waals surface area contributed by atoms with Gasteiger partial charge in [0, 0.05) is 31.5 Å². The smallest absolute Gasteiger partial charge is 0.126 e. The van der Waals surface area contributed by atoms with Crippen molar-refractivity contribution in [3.63, 3.8) is 0 Å². The van der Waals surface area contributed by atoms with Crippen LogP contribution in [0, 0.1) is 12.7 Å². The van der Waals surface area contributed by atoms with Gasteiger partial charge in [-0.2, -0.15) is 0 Å². The molecule has 1 heterocycles. The predicted molar refractivity (Wildman–Crippen MR) is 78.6 cm³/mol. The number of rotatable bonds is 4. The second-order valence-electron chi connectivity index (χ2n) is 5.33. The molecular formula is C16H22FNO2. The van der Waals surface area contributed by atoms with Crippen molar-refractivity contribution in [3.05, 3.63) is 40.7 Å². The molecule has 2 rings (SSSR count). The van der Waals surface area contributed by atoms with Crippen molar-refractivity contribution in [2.24, 2.45) is 0 Å². The topological polar surface area (TPSA) is 32.7 Å². The Morgan fingerprint density at radius 3 is 2.75 bits per heavy atom. The lowest BCUT2D eigenvalue weighted by atomic mass is 10.0. The molecule has 0 amide bonds. The molecule has 20 heavy (non-hydrogen) atoms. The van der Waals surface area contributed by atoms with Crippen LogP contribution in [0.4, 0.5) is 10.1 Å². The Labute approximate surface area is 119 Å². The van der Waals surface area contributed by atoms with Crippen LogP contribution in [0.3, 0.4) is 0 Å². The molecule has 3 nitrogen and oxygen atoms in total. The minimum absolute atomic E-state index is 0.266. The van der Waals surface area contributed by atoms with Gasteiger partial charge in [0.1, 0.15) is 5.82 Å². The number of aliphatic hydroxyl groups excluding tert-OH is 1. The Balaban J connectivity index is 2.27. The summed E-state index contributed by atoms with van der Waals surface area (Å²) in [4.78, 5) is 2.17. The summed E-state index contributed by atoms with van der Waals surface area (Å²) in [6.45, 7) is 5.72. The molecule has 0 aliphatic carbocycles. The summed E-state index contributed by atoms with van der Waals surface area (Å²) in [6, 6.07) is 3.27. The van der Waals surface area contributed by atoms with Crippen molar-refractivity contribution in [3.8, 4) is 0 Å². The molecule has 0 saturated heterocycles. The van der Waals surface area contributed by atoms with Crippen molar-refractivity contribution < 1.29 is 14.2 Å². The van der Waals surface area contributed by atoms with Crippen molar-refractivity contribution >= 4 is 5.69 Å². The molecular weight excluding hydrogens is 257 g/mol. The van der Waals surface area contributed by atoms with Gasteiger partial charge in [-0.1, -0.05) is 6.08 Å². The molecule has 4 heteroatoms. The van der Waals surface area contributed by atoms with Gasteiger partial charge in [-0.25, -0.2) is 4.39 Å². The Hall–Kier alpha value is -1.39. The maximum atomic E-state index is 13.7. The quantitative estimate of drug-likeness (QED) is 0.860. The van der Waals surface area contributed by atoms with Gasteiger partial charge in [-0.3, -0.25) is 0 Å². The number of aryl methyl sites for hydroxylation is 1. The third-order valence-corrected chi connectivity index (χ3v) is 3.73. The number of anilines is 1. The summed E-state index contributed by atoms with van der Waals surface area (Å²) < 4.78 is 18.8. The predicted octanol–water partition coefficient (Wildman–Crippen LogP) is 2.97. The molecule has 0 aromatic heterocycles. The molecule has 1 aromatic rings. The van der Waals surface area contributed by atoms with Crippen LogP contribution < -0.4 is 4.90 Å². The first kappa shape index (κ1) is 15.0. The minimum atomic E-state index is -0.676. The summed E-state index contributed by atoms with van der Waals surface area (Å²) in [5.74, 6) is -0.266. The summed E-state index contributed by atoms with van der Waals surface area (Å²) >= 11 is 0. The fraction of sp³-hybridized carbons (Fsp3) is 0.500. The third kappa shape index (κ3) is 3.19. The van der Waals surface area contributed by atoms with Gasteiger partial charge in [0.2, 0.25) is 0 Å². The van der Waals surface area contributed by atoms with Crippen molar-refractivity contribution in [2.75, 3.05) is 31.7 Å². The van der Waals surface area contributed by atoms with E-state index in [9.17, 15) is 9.50 Å². The van der Waals surface area contributed by atoms with Crippen molar-refractivity contribution in [1.29, 1.82) is 0 Å². The van der Waals surface area contributed by atoms with E-state index in [2.05, 4.69) is 11.0 Å². The minimum Gasteiger partial charge on any atom is -0.389 e. The first-order valence-electron chi connectivity index (χ1n) is 6.92. The monoisotopic (exact) mass is 279 g/mol. The lowest BCUT2D eigenvalue weighted by molar-refractivity contribution is 0.199. The number of nitrogens with zero attached hydrogens (tertiary/aromatic N) is 1. The molecule has 1 aliphatic heterocycles. The zero-order valence-corrected chi connectivity index (χ0v) is 12.3. The second kappa shape index (κ2) is 6.37. The van der Waals surface area contributed by atoms with Gasteiger partial charge in [-0.15, -0.1) is 0 Å². The fourth-order valence-corrected chi connectivity index (χ4v) is 2.54. The molecule has 110 valence electrons. The van der Waals surface area contributed by atoms with Crippen LogP contribution in [0.15, 0.2) is 23.8 Å². The maximum Gasteiger partial charge on any atom is 0.126 e. The van der Waals surface area contributed by atoms with Gasteiger partial charge >= 0.3 is 0 Å². The van der Waals surface area contributed by atoms with Gasteiger partial charge in [-0.05, 0) is 43.5 Å². The standard InChI is InChI=1S/C16H22FNO2/c1-11-8-16(14(12(2)19)9-15(11)17)18-6-4-13(5-7-18)10-20-3/h4,8-9,12,19H,5-7,10H2,1-3H3. The van der Waals surface area contributed by atoms with E-state index in [1.54, 1.807) is 21.0 Å². The van der Waals surface area contributed by atoms with E-state index >= 15 is 0 Å². The maximum absolute atomic E-state index is 13.7. The normalized spacial score (nSPS) is 17.1. The van der Waals surface area contributed by atoms with Crippen LogP contribution in [-0.2, 0) is 4.74 Å². The van der Waals surface area contributed by atoms with Crippen LogP contribution in [-0.4, -0.2) is 31.9 Å². The number of aliphatic hydroxyl groups is 1. The SMILES string of the molecule is COCC1=CCN(c2cc(C)c(F)cc2C(C)O)CC1. The lowest BCUT2D eigenvalue weighted by Gasteiger charge is -2.31. The number of hydrogen-bond acceptors (Lipinski definition) is 3. The number of ether oxygens (including phenoxy) is 1. The Morgan fingerprint density at radius 2 is 2.20 bits per heavy atom. The third-order valence-electron chi connectivity index (χ3n) is 3.73. The van der Waals surface area contributed by atoms with Crippen LogP contribution >= 0.6 is 0 Å². The molecule has 0 saturated carbocycles. The molecule has 0 spiro atoms. The average Bonchev–Trinajstić information content (AvgIpc) is 2.42. The number of hydrogen-bond donors (Lipinski definition) is 1. The molecule has 1 aromatic carbocycles. The zero-order chi connectivity index (χ0) is 14.7. The van der Waals surface area contributed by atoms with E-state index in [4.69, 9.17) is 4.74 Å². The van der Waals surface area contributed by atoms with E-state index in [0.29, 0.717) is 17.7 Å². The van der Waals surface area contributed by atoms with Crippen LogP contribution in [0.2, 0.25) is 0 Å². The summed E-state index contributed by atoms with van der Waals surface area (Å²) in [5, 5.41) is 9.86. The summed E-state index contributed by atoms with van der Waals surface area (Å²) in [6.07, 6.45) is 2.41. The Bertz CT molecular complexity index is 511. The van der Waals surface area contributed by atoms with E-state index in [-0.39, 0.29) is 5.82 Å². The van der Waals surface area contributed by atoms with E-state index in [0.717, 1.165) is 25.2 Å². The van der Waals surface area contributed by atoms with Crippen LogP contribution in [0.5, 0.6) is 0 Å². The summed E-state index contributed by atoms with van der Waals surface area (Å²) in [5.41, 5.74) is 3.47.